The van der Waals surface area contributed by atoms with Gasteiger partial charge in [-0.3, -0.25) is 9.69 Å². The molecule has 1 heterocycles. The molecule has 2 amide bonds. The van der Waals surface area contributed by atoms with Gasteiger partial charge in [-0.2, -0.15) is 13.2 Å². The Bertz CT molecular complexity index is 1310. The van der Waals surface area contributed by atoms with Gasteiger partial charge >= 0.3 is 12.3 Å². The van der Waals surface area contributed by atoms with Crippen molar-refractivity contribution in [3.05, 3.63) is 95.6 Å². The zero-order chi connectivity index (χ0) is 28.9. The smallest absolute Gasteiger partial charge is 0.408 e. The molecule has 6 nitrogen and oxygen atoms in total. The summed E-state index contributed by atoms with van der Waals surface area (Å²) in [5.41, 5.74) is 3.25. The number of alkyl halides is 3. The van der Waals surface area contributed by atoms with Crippen molar-refractivity contribution in [1.29, 1.82) is 0 Å². The Labute approximate surface area is 238 Å². The number of unbranched alkanes of at least 4 members (excludes halogenated alkanes) is 1. The molecule has 1 aliphatic carbocycles. The van der Waals surface area contributed by atoms with E-state index in [1.807, 2.05) is 89.1 Å². The Hall–Kier alpha value is -3.85. The fourth-order valence-corrected chi connectivity index (χ4v) is 5.89. The van der Waals surface area contributed by atoms with E-state index in [2.05, 4.69) is 4.90 Å². The molecule has 5 rings (SSSR count). The Kier molecular flexibility index (Phi) is 8.63. The molecular formula is C32H34F3N3O3. The highest BCUT2D eigenvalue weighted by Gasteiger charge is 2.46. The molecule has 0 spiro atoms. The number of alkyl carbamates (subject to hydrolysis) is 1. The van der Waals surface area contributed by atoms with E-state index in [9.17, 15) is 22.8 Å². The molecule has 1 aliphatic heterocycles. The quantitative estimate of drug-likeness (QED) is 0.336. The number of carbonyl (C=O) groups is 2. The van der Waals surface area contributed by atoms with Crippen LogP contribution in [-0.2, 0) is 21.6 Å². The van der Waals surface area contributed by atoms with Crippen LogP contribution in [0.2, 0.25) is 0 Å². The number of hydrogen-bond acceptors (Lipinski definition) is 4. The van der Waals surface area contributed by atoms with Crippen molar-refractivity contribution in [2.45, 2.75) is 37.5 Å². The van der Waals surface area contributed by atoms with Crippen LogP contribution in [-0.4, -0.2) is 67.2 Å². The van der Waals surface area contributed by atoms with Crippen molar-refractivity contribution in [2.75, 3.05) is 39.3 Å². The van der Waals surface area contributed by atoms with Gasteiger partial charge in [0.1, 0.15) is 6.54 Å². The Balaban J connectivity index is 1.20. The van der Waals surface area contributed by atoms with E-state index in [4.69, 9.17) is 4.74 Å². The second-order valence-electron chi connectivity index (χ2n) is 10.6. The number of nitrogens with one attached hydrogen (secondary N) is 1. The van der Waals surface area contributed by atoms with Crippen molar-refractivity contribution < 1.29 is 27.5 Å². The van der Waals surface area contributed by atoms with Crippen LogP contribution in [0.1, 0.15) is 36.0 Å². The first-order chi connectivity index (χ1) is 19.7. The van der Waals surface area contributed by atoms with Gasteiger partial charge in [-0.25, -0.2) is 4.79 Å². The lowest BCUT2D eigenvalue weighted by Gasteiger charge is -2.35. The molecule has 41 heavy (non-hydrogen) atoms. The highest BCUT2D eigenvalue weighted by Crippen LogP contribution is 2.52. The van der Waals surface area contributed by atoms with E-state index in [1.54, 1.807) is 0 Å². The minimum atomic E-state index is -4.53. The van der Waals surface area contributed by atoms with Crippen LogP contribution in [0.25, 0.3) is 11.1 Å². The molecule has 0 bridgehead atoms. The van der Waals surface area contributed by atoms with Crippen molar-refractivity contribution in [3.8, 4) is 11.1 Å². The van der Waals surface area contributed by atoms with Gasteiger partial charge in [0.2, 0.25) is 5.91 Å². The average molecular weight is 566 g/mol. The van der Waals surface area contributed by atoms with Crippen LogP contribution in [0, 0.1) is 0 Å². The molecule has 2 aliphatic rings. The fraction of sp³-hybridized carbons (Fsp3) is 0.375. The molecule has 0 aromatic heterocycles. The number of fused-ring (bicyclic) bond motifs is 3. The van der Waals surface area contributed by atoms with Gasteiger partial charge < -0.3 is 15.0 Å². The third-order valence-electron chi connectivity index (χ3n) is 7.89. The topological polar surface area (TPSA) is 61.9 Å². The molecule has 0 radical (unpaired) electrons. The molecule has 3 aromatic rings. The number of hydrogen-bond donors (Lipinski definition) is 1. The van der Waals surface area contributed by atoms with Gasteiger partial charge in [0.05, 0.1) is 6.42 Å². The predicted molar refractivity (Wildman–Crippen MR) is 150 cm³/mol. The molecule has 1 saturated heterocycles. The number of rotatable bonds is 9. The van der Waals surface area contributed by atoms with Gasteiger partial charge in [-0.1, -0.05) is 78.9 Å². The SMILES string of the molecule is O=C(NCC(F)(F)F)OC1(CCCCN2CCN(C(=O)Cc3ccccc3)CC2)c2ccccc2-c2ccccc21. The van der Waals surface area contributed by atoms with Crippen LogP contribution >= 0.6 is 0 Å². The van der Waals surface area contributed by atoms with Crippen molar-refractivity contribution in [1.82, 2.24) is 15.1 Å². The van der Waals surface area contributed by atoms with Crippen LogP contribution in [0.4, 0.5) is 18.0 Å². The summed E-state index contributed by atoms with van der Waals surface area (Å²) in [6.07, 6.45) is -3.27. The zero-order valence-corrected chi connectivity index (χ0v) is 22.8. The number of amides is 2. The van der Waals surface area contributed by atoms with Crippen molar-refractivity contribution in [2.24, 2.45) is 0 Å². The first kappa shape index (κ1) is 28.7. The largest absolute Gasteiger partial charge is 0.433 e. The highest BCUT2D eigenvalue weighted by atomic mass is 19.4. The summed E-state index contributed by atoms with van der Waals surface area (Å²) >= 11 is 0. The third kappa shape index (κ3) is 6.73. The van der Waals surface area contributed by atoms with Crippen LogP contribution in [0.15, 0.2) is 78.9 Å². The van der Waals surface area contributed by atoms with Crippen molar-refractivity contribution in [3.63, 3.8) is 0 Å². The summed E-state index contributed by atoms with van der Waals surface area (Å²) in [6.45, 7) is 2.30. The van der Waals surface area contributed by atoms with Crippen LogP contribution < -0.4 is 5.32 Å². The molecule has 3 aromatic carbocycles. The lowest BCUT2D eigenvalue weighted by molar-refractivity contribution is -0.132. The lowest BCUT2D eigenvalue weighted by Crippen LogP contribution is -2.49. The van der Waals surface area contributed by atoms with E-state index in [0.29, 0.717) is 32.4 Å². The summed E-state index contributed by atoms with van der Waals surface area (Å²) in [4.78, 5) is 29.6. The number of ether oxygens (including phenoxy) is 1. The Morgan fingerprint density at radius 3 is 2.00 bits per heavy atom. The first-order valence-electron chi connectivity index (χ1n) is 14.0. The fourth-order valence-electron chi connectivity index (χ4n) is 5.89. The molecule has 0 unspecified atom stereocenters. The summed E-state index contributed by atoms with van der Waals surface area (Å²) < 4.78 is 44.3. The number of benzene rings is 3. The first-order valence-corrected chi connectivity index (χ1v) is 14.0. The Morgan fingerprint density at radius 2 is 1.39 bits per heavy atom. The predicted octanol–water partition coefficient (Wildman–Crippen LogP) is 5.76. The minimum Gasteiger partial charge on any atom is -0.433 e. The summed E-state index contributed by atoms with van der Waals surface area (Å²) in [7, 11) is 0. The van der Waals surface area contributed by atoms with Crippen LogP contribution in [0.3, 0.4) is 0 Å². The van der Waals surface area contributed by atoms with E-state index in [-0.39, 0.29) is 5.91 Å². The number of piperazine rings is 1. The maximum Gasteiger partial charge on any atom is 0.408 e. The van der Waals surface area contributed by atoms with Gasteiger partial charge in [0.25, 0.3) is 0 Å². The maximum absolute atomic E-state index is 12.8. The summed E-state index contributed by atoms with van der Waals surface area (Å²) in [5.74, 6) is 0.136. The van der Waals surface area contributed by atoms with Gasteiger partial charge in [-0.05, 0) is 42.5 Å². The van der Waals surface area contributed by atoms with Gasteiger partial charge in [0.15, 0.2) is 5.60 Å². The van der Waals surface area contributed by atoms with Gasteiger partial charge in [0, 0.05) is 37.3 Å². The Morgan fingerprint density at radius 1 is 0.805 bits per heavy atom. The number of carbonyl (C=O) groups excluding carboxylic acids is 2. The summed E-state index contributed by atoms with van der Waals surface area (Å²) in [6, 6.07) is 24.9. The molecule has 1 N–H and O–H groups in total. The number of halogens is 3. The van der Waals surface area contributed by atoms with Gasteiger partial charge in [-0.15, -0.1) is 0 Å². The molecule has 216 valence electrons. The molecular weight excluding hydrogens is 531 g/mol. The van der Waals surface area contributed by atoms with E-state index < -0.39 is 24.4 Å². The third-order valence-corrected chi connectivity index (χ3v) is 7.89. The van der Waals surface area contributed by atoms with Crippen molar-refractivity contribution >= 4 is 12.0 Å². The molecule has 0 atom stereocenters. The second kappa shape index (κ2) is 12.3. The lowest BCUT2D eigenvalue weighted by atomic mass is 9.86. The second-order valence-corrected chi connectivity index (χ2v) is 10.6. The maximum atomic E-state index is 12.8. The molecule has 9 heteroatoms. The molecule has 1 fully saturated rings. The van der Waals surface area contributed by atoms with E-state index in [1.165, 1.54) is 0 Å². The van der Waals surface area contributed by atoms with Crippen LogP contribution in [0.5, 0.6) is 0 Å². The minimum absolute atomic E-state index is 0.136. The zero-order valence-electron chi connectivity index (χ0n) is 22.8. The van der Waals surface area contributed by atoms with E-state index >= 15 is 0 Å². The normalized spacial score (nSPS) is 16.1. The highest BCUT2D eigenvalue weighted by molar-refractivity contribution is 5.82. The van der Waals surface area contributed by atoms with E-state index in [0.717, 1.165) is 53.9 Å². The average Bonchev–Trinajstić information content (AvgIpc) is 3.24. The monoisotopic (exact) mass is 565 g/mol. The summed E-state index contributed by atoms with van der Waals surface area (Å²) in [5, 5.41) is 1.88. The number of nitrogens with zero attached hydrogens (tertiary/aromatic N) is 2. The standard InChI is InChI=1S/C32H34F3N3O3/c33-32(34,35)23-36-30(40)41-31(27-14-6-4-12-25(27)26-13-5-7-15-28(26)31)16-8-9-17-37-18-20-38(21-19-37)29(39)22-24-10-2-1-3-11-24/h1-7,10-15H,8-9,16-23H2,(H,36,40). The molecule has 0 saturated carbocycles.